The van der Waals surface area contributed by atoms with Crippen LogP contribution in [0.4, 0.5) is 5.69 Å². The highest BCUT2D eigenvalue weighted by molar-refractivity contribution is 6.09. The van der Waals surface area contributed by atoms with E-state index < -0.39 is 5.92 Å². The molecule has 27 heavy (non-hydrogen) atoms. The first kappa shape index (κ1) is 16.5. The summed E-state index contributed by atoms with van der Waals surface area (Å²) in [6.45, 7) is 3.22. The molecule has 3 fully saturated rings. The van der Waals surface area contributed by atoms with Crippen molar-refractivity contribution < 1.29 is 9.59 Å². The molecule has 0 spiro atoms. The first-order valence-electron chi connectivity index (χ1n) is 9.72. The Kier molecular flexibility index (Phi) is 3.97. The molecule has 138 valence electrons. The number of carbonyl (C=O) groups is 2. The van der Waals surface area contributed by atoms with Crippen molar-refractivity contribution >= 4 is 17.5 Å². The topological polar surface area (TPSA) is 61.4 Å². The largest absolute Gasteiger partial charge is 0.351 e. The normalized spacial score (nSPS) is 28.5. The Morgan fingerprint density at radius 1 is 1.00 bits per heavy atom. The van der Waals surface area contributed by atoms with Crippen LogP contribution in [0.5, 0.6) is 0 Å². The first-order valence-corrected chi connectivity index (χ1v) is 9.72. The zero-order valence-electron chi connectivity index (χ0n) is 15.2. The van der Waals surface area contributed by atoms with Crippen LogP contribution < -0.4 is 10.6 Å². The van der Waals surface area contributed by atoms with E-state index in [0.29, 0.717) is 17.2 Å². The van der Waals surface area contributed by atoms with Gasteiger partial charge in [0.05, 0.1) is 5.92 Å². The molecule has 4 heterocycles. The van der Waals surface area contributed by atoms with Crippen LogP contribution in [0.3, 0.4) is 0 Å². The number of carbonyl (C=O) groups excluding carboxylic acids is 2. The number of fused-ring (bicyclic) bond motifs is 5. The average Bonchev–Trinajstić information content (AvgIpc) is 2.83. The predicted molar refractivity (Wildman–Crippen MR) is 104 cm³/mol. The van der Waals surface area contributed by atoms with E-state index in [1.807, 2.05) is 42.5 Å². The standard InChI is InChI=1S/C22H23N3O2/c26-21-16-6-2-1-5-15(16)20(17-7-3-4-8-18(17)23-21)22(27)24-19-13-25-11-9-14(19)10-12-25/h1-8,14,19-20H,9-13H2,(H,23,26)(H,24,27)/t19-,20+/m1/s1. The monoisotopic (exact) mass is 361 g/mol. The van der Waals surface area contributed by atoms with Crippen LogP contribution in [0.2, 0.25) is 0 Å². The molecule has 0 saturated carbocycles. The summed E-state index contributed by atoms with van der Waals surface area (Å²) in [4.78, 5) is 28.6. The van der Waals surface area contributed by atoms with E-state index in [2.05, 4.69) is 15.5 Å². The second-order valence-electron chi connectivity index (χ2n) is 7.81. The highest BCUT2D eigenvalue weighted by Crippen LogP contribution is 2.36. The van der Waals surface area contributed by atoms with Crippen molar-refractivity contribution in [1.29, 1.82) is 0 Å². The summed E-state index contributed by atoms with van der Waals surface area (Å²) >= 11 is 0. The molecule has 0 aromatic heterocycles. The lowest BCUT2D eigenvalue weighted by Crippen LogP contribution is -2.57. The van der Waals surface area contributed by atoms with E-state index in [4.69, 9.17) is 0 Å². The van der Waals surface area contributed by atoms with Crippen LogP contribution in [0.15, 0.2) is 48.5 Å². The zero-order valence-corrected chi connectivity index (χ0v) is 15.2. The second kappa shape index (κ2) is 6.50. The number of benzene rings is 2. The number of nitrogens with one attached hydrogen (secondary N) is 2. The van der Waals surface area contributed by atoms with Gasteiger partial charge in [0.2, 0.25) is 5.91 Å². The fourth-order valence-electron chi connectivity index (χ4n) is 4.85. The molecule has 0 radical (unpaired) electrons. The molecule has 5 heteroatoms. The van der Waals surface area contributed by atoms with Crippen molar-refractivity contribution in [3.05, 3.63) is 65.2 Å². The number of anilines is 1. The Morgan fingerprint density at radius 2 is 1.70 bits per heavy atom. The molecule has 2 N–H and O–H groups in total. The van der Waals surface area contributed by atoms with Gasteiger partial charge in [0.1, 0.15) is 0 Å². The second-order valence-corrected chi connectivity index (χ2v) is 7.81. The number of hydrogen-bond donors (Lipinski definition) is 2. The first-order chi connectivity index (χ1) is 13.2. The third-order valence-corrected chi connectivity index (χ3v) is 6.28. The SMILES string of the molecule is O=C1Nc2ccccc2[C@@H](C(=O)N[C@@H]2CN3CCC2CC3)c2ccccc21. The quantitative estimate of drug-likeness (QED) is 0.864. The Bertz CT molecular complexity index is 902. The summed E-state index contributed by atoms with van der Waals surface area (Å²) in [5, 5.41) is 6.29. The van der Waals surface area contributed by atoms with Crippen molar-refractivity contribution in [2.45, 2.75) is 24.8 Å². The van der Waals surface area contributed by atoms with E-state index in [-0.39, 0.29) is 17.9 Å². The fraction of sp³-hybridized carbons (Fsp3) is 0.364. The van der Waals surface area contributed by atoms with Crippen molar-refractivity contribution in [3.63, 3.8) is 0 Å². The van der Waals surface area contributed by atoms with Crippen LogP contribution in [0.25, 0.3) is 0 Å². The number of hydrogen-bond acceptors (Lipinski definition) is 3. The van der Waals surface area contributed by atoms with Crippen LogP contribution in [0.1, 0.15) is 40.2 Å². The van der Waals surface area contributed by atoms with Crippen molar-refractivity contribution in [1.82, 2.24) is 10.2 Å². The van der Waals surface area contributed by atoms with Gasteiger partial charge in [-0.15, -0.1) is 0 Å². The number of rotatable bonds is 2. The van der Waals surface area contributed by atoms with Crippen molar-refractivity contribution in [2.24, 2.45) is 5.92 Å². The van der Waals surface area contributed by atoms with Crippen LogP contribution in [-0.2, 0) is 4.79 Å². The fourth-order valence-corrected chi connectivity index (χ4v) is 4.85. The maximum Gasteiger partial charge on any atom is 0.255 e. The molecule has 5 nitrogen and oxygen atoms in total. The molecule has 3 saturated heterocycles. The molecule has 2 aromatic carbocycles. The number of para-hydroxylation sites is 1. The molecule has 4 aliphatic heterocycles. The van der Waals surface area contributed by atoms with Gasteiger partial charge in [-0.2, -0.15) is 0 Å². The molecule has 2 bridgehead atoms. The lowest BCUT2D eigenvalue weighted by Gasteiger charge is -2.45. The summed E-state index contributed by atoms with van der Waals surface area (Å²) in [7, 11) is 0. The third kappa shape index (κ3) is 2.82. The van der Waals surface area contributed by atoms with Gasteiger partial charge in [0.15, 0.2) is 0 Å². The van der Waals surface area contributed by atoms with Crippen LogP contribution in [-0.4, -0.2) is 42.4 Å². The lowest BCUT2D eigenvalue weighted by atomic mass is 9.82. The Hall–Kier alpha value is -2.66. The van der Waals surface area contributed by atoms with Crippen LogP contribution in [0, 0.1) is 5.92 Å². The highest BCUT2D eigenvalue weighted by Gasteiger charge is 2.38. The Morgan fingerprint density at radius 3 is 2.44 bits per heavy atom. The molecule has 2 aromatic rings. The summed E-state index contributed by atoms with van der Waals surface area (Å²) in [6.07, 6.45) is 2.31. The molecule has 2 amide bonds. The predicted octanol–water partition coefficient (Wildman–Crippen LogP) is 2.59. The van der Waals surface area contributed by atoms with Gasteiger partial charge in [0, 0.05) is 23.8 Å². The molecule has 0 unspecified atom stereocenters. The van der Waals surface area contributed by atoms with Crippen molar-refractivity contribution in [2.75, 3.05) is 25.0 Å². The lowest BCUT2D eigenvalue weighted by molar-refractivity contribution is -0.123. The molecule has 0 aliphatic carbocycles. The Labute approximate surface area is 158 Å². The van der Waals surface area contributed by atoms with Gasteiger partial charge < -0.3 is 15.5 Å². The molecule has 6 rings (SSSR count). The van der Waals surface area contributed by atoms with Crippen molar-refractivity contribution in [3.8, 4) is 0 Å². The van der Waals surface area contributed by atoms with Gasteiger partial charge >= 0.3 is 0 Å². The number of piperidine rings is 3. The van der Waals surface area contributed by atoms with E-state index in [9.17, 15) is 9.59 Å². The van der Waals surface area contributed by atoms with Gasteiger partial charge in [-0.1, -0.05) is 36.4 Å². The zero-order chi connectivity index (χ0) is 18.4. The summed E-state index contributed by atoms with van der Waals surface area (Å²) in [6, 6.07) is 15.3. The van der Waals surface area contributed by atoms with Crippen LogP contribution >= 0.6 is 0 Å². The summed E-state index contributed by atoms with van der Waals surface area (Å²) in [5.74, 6) is -0.0805. The molecule has 4 aliphatic rings. The highest BCUT2D eigenvalue weighted by atomic mass is 16.2. The van der Waals surface area contributed by atoms with E-state index >= 15 is 0 Å². The minimum Gasteiger partial charge on any atom is -0.351 e. The molecule has 2 atom stereocenters. The summed E-state index contributed by atoms with van der Waals surface area (Å²) in [5.41, 5.74) is 2.92. The van der Waals surface area contributed by atoms with Gasteiger partial charge in [-0.05, 0) is 55.1 Å². The molecular formula is C22H23N3O2. The third-order valence-electron chi connectivity index (χ3n) is 6.28. The van der Waals surface area contributed by atoms with Gasteiger partial charge in [-0.3, -0.25) is 9.59 Å². The van der Waals surface area contributed by atoms with E-state index in [1.54, 1.807) is 6.07 Å². The average molecular weight is 361 g/mol. The maximum atomic E-state index is 13.5. The smallest absolute Gasteiger partial charge is 0.255 e. The minimum absolute atomic E-state index is 0.00912. The minimum atomic E-state index is -0.480. The Balaban J connectivity index is 1.53. The molecular weight excluding hydrogens is 338 g/mol. The van der Waals surface area contributed by atoms with E-state index in [1.165, 1.54) is 0 Å². The number of amides is 2. The van der Waals surface area contributed by atoms with E-state index in [0.717, 1.165) is 43.6 Å². The summed E-state index contributed by atoms with van der Waals surface area (Å²) < 4.78 is 0. The van der Waals surface area contributed by atoms with Gasteiger partial charge in [-0.25, -0.2) is 0 Å². The van der Waals surface area contributed by atoms with Gasteiger partial charge in [0.25, 0.3) is 5.91 Å². The maximum absolute atomic E-state index is 13.5. The number of nitrogens with zero attached hydrogens (tertiary/aromatic N) is 1.